The van der Waals surface area contributed by atoms with Crippen LogP contribution in [-0.4, -0.2) is 36.7 Å². The molecule has 30 heavy (non-hydrogen) atoms. The molecule has 0 radical (unpaired) electrons. The first kappa shape index (κ1) is 21.6. The van der Waals surface area contributed by atoms with Gasteiger partial charge in [-0.2, -0.15) is 0 Å². The molecule has 4 aliphatic rings. The lowest BCUT2D eigenvalue weighted by atomic mass is 9.40. The quantitative estimate of drug-likeness (QED) is 0.690. The molecule has 0 spiro atoms. The number of carboxylic acid groups (broad SMARTS) is 1. The number of allylic oxidation sites excluding steroid dienone is 2. The zero-order chi connectivity index (χ0) is 21.7. The molecule has 6 atom stereocenters. The lowest BCUT2D eigenvalue weighted by molar-refractivity contribution is -0.834. The van der Waals surface area contributed by atoms with Gasteiger partial charge in [-0.15, -0.1) is 0 Å². The largest absolute Gasteiger partial charge is 0.477 e. The number of carbonyl (C=O) groups excluding carboxylic acids is 1. The van der Waals surface area contributed by atoms with Gasteiger partial charge in [-0.1, -0.05) is 27.2 Å². The van der Waals surface area contributed by atoms with Crippen LogP contribution in [0.3, 0.4) is 0 Å². The summed E-state index contributed by atoms with van der Waals surface area (Å²) >= 11 is 0. The number of carbonyl (C=O) groups is 2. The van der Waals surface area contributed by atoms with Crippen LogP contribution in [0.4, 0.5) is 0 Å². The Morgan fingerprint density at radius 2 is 1.93 bits per heavy atom. The summed E-state index contributed by atoms with van der Waals surface area (Å²) in [5, 5.41) is 9.19. The average Bonchev–Trinajstić information content (AvgIpc) is 2.65. The molecule has 1 heterocycles. The van der Waals surface area contributed by atoms with Gasteiger partial charge in [-0.05, 0) is 78.4 Å². The summed E-state index contributed by atoms with van der Waals surface area (Å²) in [7, 11) is 0. The topological polar surface area (TPSA) is 68.0 Å². The van der Waals surface area contributed by atoms with Crippen molar-refractivity contribution in [2.45, 2.75) is 72.6 Å². The first-order valence-electron chi connectivity index (χ1n) is 11.7. The van der Waals surface area contributed by atoms with E-state index < -0.39 is 5.97 Å². The van der Waals surface area contributed by atoms with E-state index in [0.29, 0.717) is 18.4 Å². The summed E-state index contributed by atoms with van der Waals surface area (Å²) in [6.07, 6.45) is 12.6. The van der Waals surface area contributed by atoms with Crippen LogP contribution in [0.5, 0.6) is 0 Å². The molecule has 2 N–H and O–H groups in total. The molecule has 0 aromatic rings. The standard InChI is InChI=1S/C25H37NO4/c1-17(27)30-16-23(2)10-5-11-25(4)20(23)8-12-24(3)19-9-13-26(15-22(28)29)14-18(19)6-7-21(24)25/h9,13,20-21H,5-8,10-12,14-16H2,1-4H3,(H,28,29)/p+1/t20?,21?,23-,24+,25+/m1/s1. The fourth-order valence-electron chi connectivity index (χ4n) is 8.07. The fourth-order valence-corrected chi connectivity index (χ4v) is 8.07. The van der Waals surface area contributed by atoms with Crippen LogP contribution in [0, 0.1) is 28.1 Å². The molecule has 0 bridgehead atoms. The van der Waals surface area contributed by atoms with E-state index in [1.54, 1.807) is 0 Å². The molecule has 3 unspecified atom stereocenters. The van der Waals surface area contributed by atoms with Crippen LogP contribution in [-0.2, 0) is 14.3 Å². The number of carboxylic acids is 1. The number of hydrogen-bond donors (Lipinski definition) is 2. The summed E-state index contributed by atoms with van der Waals surface area (Å²) in [6.45, 7) is 10.4. The fraction of sp³-hybridized carbons (Fsp3) is 0.760. The molecular formula is C25H38NO4+. The second kappa shape index (κ2) is 7.51. The Morgan fingerprint density at radius 1 is 1.17 bits per heavy atom. The Labute approximate surface area is 180 Å². The van der Waals surface area contributed by atoms with Crippen molar-refractivity contribution in [1.29, 1.82) is 0 Å². The van der Waals surface area contributed by atoms with Crippen molar-refractivity contribution in [3.05, 3.63) is 23.4 Å². The van der Waals surface area contributed by atoms with Gasteiger partial charge in [0.2, 0.25) is 0 Å². The molecule has 0 saturated heterocycles. The van der Waals surface area contributed by atoms with E-state index in [0.717, 1.165) is 24.3 Å². The van der Waals surface area contributed by atoms with Crippen molar-refractivity contribution in [1.82, 2.24) is 0 Å². The van der Waals surface area contributed by atoms with Crippen LogP contribution in [0.2, 0.25) is 0 Å². The van der Waals surface area contributed by atoms with Crippen molar-refractivity contribution >= 4 is 11.9 Å². The number of hydrogen-bond acceptors (Lipinski definition) is 3. The Balaban J connectivity index is 1.61. The van der Waals surface area contributed by atoms with E-state index in [-0.39, 0.29) is 28.8 Å². The van der Waals surface area contributed by atoms with Crippen molar-refractivity contribution in [2.24, 2.45) is 28.1 Å². The van der Waals surface area contributed by atoms with Crippen LogP contribution < -0.4 is 4.90 Å². The van der Waals surface area contributed by atoms with Gasteiger partial charge >= 0.3 is 11.9 Å². The van der Waals surface area contributed by atoms with Gasteiger partial charge in [0.15, 0.2) is 6.54 Å². The number of quaternary nitrogens is 1. The maximum atomic E-state index is 11.5. The van der Waals surface area contributed by atoms with E-state index in [2.05, 4.69) is 33.0 Å². The minimum atomic E-state index is -0.735. The monoisotopic (exact) mass is 416 g/mol. The number of esters is 1. The van der Waals surface area contributed by atoms with Crippen molar-refractivity contribution in [3.63, 3.8) is 0 Å². The SMILES string of the molecule is CC(=O)OC[C@@]1(C)CCC[C@@]2(C)C1CC[C@@]1(C)C3=C(CCC21)C[NH+](CC(=O)O)C=C3. The highest BCUT2D eigenvalue weighted by Gasteiger charge is 2.61. The van der Waals surface area contributed by atoms with Crippen LogP contribution >= 0.6 is 0 Å². The first-order valence-corrected chi connectivity index (χ1v) is 11.7. The molecule has 0 amide bonds. The summed E-state index contributed by atoms with van der Waals surface area (Å²) in [5.74, 6) is 0.309. The second-order valence-corrected chi connectivity index (χ2v) is 11.1. The van der Waals surface area contributed by atoms with Crippen LogP contribution in [0.15, 0.2) is 23.4 Å². The zero-order valence-corrected chi connectivity index (χ0v) is 19.1. The maximum absolute atomic E-state index is 11.5. The third-order valence-corrected chi connectivity index (χ3v) is 9.26. The normalized spacial score (nSPS) is 42.7. The molecule has 0 aromatic heterocycles. The van der Waals surface area contributed by atoms with Gasteiger partial charge < -0.3 is 9.84 Å². The molecule has 2 saturated carbocycles. The predicted octanol–water partition coefficient (Wildman–Crippen LogP) is 3.37. The van der Waals surface area contributed by atoms with Crippen molar-refractivity contribution < 1.29 is 24.3 Å². The molecule has 5 heteroatoms. The second-order valence-electron chi connectivity index (χ2n) is 11.1. The van der Waals surface area contributed by atoms with E-state index in [9.17, 15) is 14.7 Å². The number of fused-ring (bicyclic) bond motifs is 4. The lowest BCUT2D eigenvalue weighted by Crippen LogP contribution is -3.09. The number of nitrogens with one attached hydrogen (secondary N) is 1. The van der Waals surface area contributed by atoms with Crippen LogP contribution in [0.25, 0.3) is 0 Å². The smallest absolute Gasteiger partial charge is 0.359 e. The Kier molecular flexibility index (Phi) is 5.41. The minimum Gasteiger partial charge on any atom is -0.477 e. The third kappa shape index (κ3) is 3.43. The molecular weight excluding hydrogens is 378 g/mol. The third-order valence-electron chi connectivity index (χ3n) is 9.26. The first-order chi connectivity index (χ1) is 14.1. The molecule has 0 aromatic carbocycles. The number of ether oxygens (including phenoxy) is 1. The van der Waals surface area contributed by atoms with Gasteiger partial charge in [0, 0.05) is 12.3 Å². The summed E-state index contributed by atoms with van der Waals surface area (Å²) in [4.78, 5) is 23.7. The van der Waals surface area contributed by atoms with Gasteiger partial charge in [0.05, 0.1) is 12.8 Å². The van der Waals surface area contributed by atoms with Crippen molar-refractivity contribution in [3.8, 4) is 0 Å². The Hall–Kier alpha value is -1.62. The minimum absolute atomic E-state index is 0.0689. The van der Waals surface area contributed by atoms with Crippen LogP contribution in [0.1, 0.15) is 72.6 Å². The van der Waals surface area contributed by atoms with Gasteiger partial charge in [0.25, 0.3) is 0 Å². The summed E-state index contributed by atoms with van der Waals surface area (Å²) in [5.41, 5.74) is 3.48. The molecule has 166 valence electrons. The number of aliphatic carboxylic acids is 1. The van der Waals surface area contributed by atoms with E-state index in [1.165, 1.54) is 50.2 Å². The highest BCUT2D eigenvalue weighted by molar-refractivity contribution is 5.67. The summed E-state index contributed by atoms with van der Waals surface area (Å²) in [6, 6.07) is 0. The Morgan fingerprint density at radius 3 is 2.63 bits per heavy atom. The van der Waals surface area contributed by atoms with E-state index in [4.69, 9.17) is 4.74 Å². The van der Waals surface area contributed by atoms with E-state index in [1.807, 2.05) is 0 Å². The van der Waals surface area contributed by atoms with E-state index >= 15 is 0 Å². The number of rotatable bonds is 4. The predicted molar refractivity (Wildman–Crippen MR) is 115 cm³/mol. The molecule has 4 rings (SSSR count). The lowest BCUT2D eigenvalue weighted by Gasteiger charge is -2.64. The average molecular weight is 417 g/mol. The molecule has 1 aliphatic heterocycles. The molecule has 2 fully saturated rings. The van der Waals surface area contributed by atoms with Gasteiger partial charge in [0.1, 0.15) is 6.54 Å². The highest BCUT2D eigenvalue weighted by Crippen LogP contribution is 2.68. The van der Waals surface area contributed by atoms with Gasteiger partial charge in [-0.25, -0.2) is 4.79 Å². The maximum Gasteiger partial charge on any atom is 0.359 e. The van der Waals surface area contributed by atoms with Gasteiger partial charge in [-0.3, -0.25) is 9.69 Å². The zero-order valence-electron chi connectivity index (χ0n) is 19.1. The highest BCUT2D eigenvalue weighted by atomic mass is 16.5. The van der Waals surface area contributed by atoms with Crippen molar-refractivity contribution in [2.75, 3.05) is 19.7 Å². The Bertz CT molecular complexity index is 801. The molecule has 5 nitrogen and oxygen atoms in total. The summed E-state index contributed by atoms with van der Waals surface area (Å²) < 4.78 is 5.56. The molecule has 3 aliphatic carbocycles.